The van der Waals surface area contributed by atoms with Gasteiger partial charge in [-0.2, -0.15) is 0 Å². The molecule has 21 heavy (non-hydrogen) atoms. The van der Waals surface area contributed by atoms with Crippen LogP contribution in [0.15, 0.2) is 30.3 Å². The highest BCUT2D eigenvalue weighted by Crippen LogP contribution is 2.11. The fourth-order valence-electron chi connectivity index (χ4n) is 1.89. The minimum atomic E-state index is -0.133. The van der Waals surface area contributed by atoms with Crippen molar-refractivity contribution in [2.75, 3.05) is 32.1 Å². The molecular formula is C16H27N3O2. The van der Waals surface area contributed by atoms with E-state index < -0.39 is 0 Å². The number of para-hydroxylation sites is 1. The molecule has 0 saturated carbocycles. The molecule has 3 N–H and O–H groups in total. The summed E-state index contributed by atoms with van der Waals surface area (Å²) in [7, 11) is 1.66. The fraction of sp³-hybridized carbons (Fsp3) is 0.562. The number of rotatable bonds is 9. The Morgan fingerprint density at radius 3 is 2.52 bits per heavy atom. The predicted molar refractivity (Wildman–Crippen MR) is 86.6 cm³/mol. The van der Waals surface area contributed by atoms with Crippen LogP contribution in [0.3, 0.4) is 0 Å². The van der Waals surface area contributed by atoms with Crippen molar-refractivity contribution >= 4 is 11.7 Å². The van der Waals surface area contributed by atoms with E-state index in [-0.39, 0.29) is 12.1 Å². The summed E-state index contributed by atoms with van der Waals surface area (Å²) in [5.74, 6) is 0.416. The molecule has 0 spiro atoms. The summed E-state index contributed by atoms with van der Waals surface area (Å²) >= 11 is 0. The Balaban J connectivity index is 2.32. The Morgan fingerprint density at radius 2 is 1.90 bits per heavy atom. The lowest BCUT2D eigenvalue weighted by Crippen LogP contribution is -2.44. The predicted octanol–water partition coefficient (Wildman–Crippen LogP) is 2.46. The van der Waals surface area contributed by atoms with Gasteiger partial charge in [0.25, 0.3) is 0 Å². The lowest BCUT2D eigenvalue weighted by molar-refractivity contribution is 0.193. The van der Waals surface area contributed by atoms with Crippen molar-refractivity contribution in [3.05, 3.63) is 30.3 Å². The Hall–Kier alpha value is -1.75. The van der Waals surface area contributed by atoms with Crippen LogP contribution in [0, 0.1) is 5.92 Å². The summed E-state index contributed by atoms with van der Waals surface area (Å²) in [5, 5.41) is 9.17. The second-order valence-corrected chi connectivity index (χ2v) is 5.34. The van der Waals surface area contributed by atoms with Gasteiger partial charge in [-0.05, 0) is 24.5 Å². The zero-order valence-corrected chi connectivity index (χ0v) is 13.2. The van der Waals surface area contributed by atoms with E-state index in [1.165, 1.54) is 0 Å². The first-order valence-electron chi connectivity index (χ1n) is 7.45. The van der Waals surface area contributed by atoms with E-state index in [2.05, 4.69) is 29.8 Å². The van der Waals surface area contributed by atoms with Crippen LogP contribution in [0.5, 0.6) is 0 Å². The summed E-state index contributed by atoms with van der Waals surface area (Å²) in [5.41, 5.74) is 1.07. The number of urea groups is 1. The van der Waals surface area contributed by atoms with Crippen LogP contribution in [0.25, 0.3) is 0 Å². The lowest BCUT2D eigenvalue weighted by atomic mass is 10.0. The highest BCUT2D eigenvalue weighted by atomic mass is 16.5. The minimum Gasteiger partial charge on any atom is -0.385 e. The lowest BCUT2D eigenvalue weighted by Gasteiger charge is -2.24. The molecule has 0 bridgehead atoms. The Bertz CT molecular complexity index is 396. The number of methoxy groups -OCH3 is 1. The Kier molecular flexibility index (Phi) is 8.28. The quantitative estimate of drug-likeness (QED) is 0.613. The molecule has 1 unspecified atom stereocenters. The van der Waals surface area contributed by atoms with Gasteiger partial charge in [-0.3, -0.25) is 0 Å². The van der Waals surface area contributed by atoms with Crippen LogP contribution in [0.4, 0.5) is 10.5 Å². The van der Waals surface area contributed by atoms with Crippen LogP contribution in [-0.2, 0) is 4.74 Å². The van der Waals surface area contributed by atoms with Gasteiger partial charge in [0.2, 0.25) is 0 Å². The summed E-state index contributed by atoms with van der Waals surface area (Å²) in [6.07, 6.45) is 0.819. The number of nitrogens with one attached hydrogen (secondary N) is 3. The number of anilines is 1. The molecule has 0 saturated heterocycles. The molecule has 0 aliphatic heterocycles. The van der Waals surface area contributed by atoms with Gasteiger partial charge in [-0.25, -0.2) is 4.79 Å². The van der Waals surface area contributed by atoms with E-state index in [1.807, 2.05) is 30.3 Å². The fourth-order valence-corrected chi connectivity index (χ4v) is 1.89. The minimum absolute atomic E-state index is 0.133. The van der Waals surface area contributed by atoms with Gasteiger partial charge >= 0.3 is 6.03 Å². The first-order valence-corrected chi connectivity index (χ1v) is 7.45. The second-order valence-electron chi connectivity index (χ2n) is 5.34. The topological polar surface area (TPSA) is 62.4 Å². The number of carbonyl (C=O) groups excluding carboxylic acids is 1. The monoisotopic (exact) mass is 293 g/mol. The summed E-state index contributed by atoms with van der Waals surface area (Å²) in [6.45, 7) is 6.14. The Labute approximate surface area is 127 Å². The third kappa shape index (κ3) is 7.56. The van der Waals surface area contributed by atoms with E-state index in [4.69, 9.17) is 4.74 Å². The van der Waals surface area contributed by atoms with Gasteiger partial charge in [-0.15, -0.1) is 0 Å². The molecule has 118 valence electrons. The largest absolute Gasteiger partial charge is 0.385 e. The van der Waals surface area contributed by atoms with E-state index in [0.29, 0.717) is 25.6 Å². The zero-order valence-electron chi connectivity index (χ0n) is 13.2. The molecule has 2 amide bonds. The van der Waals surface area contributed by atoms with Crippen LogP contribution < -0.4 is 16.0 Å². The molecule has 0 aromatic heterocycles. The van der Waals surface area contributed by atoms with Crippen molar-refractivity contribution in [1.29, 1.82) is 0 Å². The SMILES string of the molecule is COCCCNC(=O)NCC(Nc1ccccc1)C(C)C. The molecule has 1 aromatic rings. The van der Waals surface area contributed by atoms with Crippen molar-refractivity contribution in [2.24, 2.45) is 5.92 Å². The summed E-state index contributed by atoms with van der Waals surface area (Å²) in [4.78, 5) is 11.7. The van der Waals surface area contributed by atoms with Gasteiger partial charge in [-0.1, -0.05) is 32.0 Å². The number of benzene rings is 1. The number of ether oxygens (including phenoxy) is 1. The number of hydrogen-bond acceptors (Lipinski definition) is 3. The molecule has 0 aliphatic carbocycles. The highest BCUT2D eigenvalue weighted by Gasteiger charge is 2.14. The maximum atomic E-state index is 11.7. The standard InChI is InChI=1S/C16H27N3O2/c1-13(2)15(19-14-8-5-4-6-9-14)12-18-16(20)17-10-7-11-21-3/h4-6,8-9,13,15,19H,7,10-12H2,1-3H3,(H2,17,18,20). The van der Waals surface area contributed by atoms with Crippen LogP contribution in [0.1, 0.15) is 20.3 Å². The normalized spacial score (nSPS) is 12.0. The third-order valence-electron chi connectivity index (χ3n) is 3.22. The van der Waals surface area contributed by atoms with Crippen LogP contribution >= 0.6 is 0 Å². The summed E-state index contributed by atoms with van der Waals surface area (Å²) in [6, 6.07) is 10.1. The summed E-state index contributed by atoms with van der Waals surface area (Å²) < 4.78 is 4.94. The van der Waals surface area contributed by atoms with Crippen LogP contribution in [-0.4, -0.2) is 38.9 Å². The van der Waals surface area contributed by atoms with Gasteiger partial charge in [0.05, 0.1) is 0 Å². The van der Waals surface area contributed by atoms with Crippen molar-refractivity contribution < 1.29 is 9.53 Å². The average Bonchev–Trinajstić information content (AvgIpc) is 2.48. The number of hydrogen-bond donors (Lipinski definition) is 3. The third-order valence-corrected chi connectivity index (χ3v) is 3.22. The highest BCUT2D eigenvalue weighted by molar-refractivity contribution is 5.73. The van der Waals surface area contributed by atoms with E-state index >= 15 is 0 Å². The molecule has 1 atom stereocenters. The second kappa shape index (κ2) is 10.0. The number of amides is 2. The molecule has 0 fully saturated rings. The first-order chi connectivity index (χ1) is 10.1. The van der Waals surface area contributed by atoms with Crippen molar-refractivity contribution in [2.45, 2.75) is 26.3 Å². The molecule has 5 nitrogen and oxygen atoms in total. The number of carbonyl (C=O) groups is 1. The van der Waals surface area contributed by atoms with Gasteiger partial charge in [0.15, 0.2) is 0 Å². The molecule has 1 rings (SSSR count). The molecular weight excluding hydrogens is 266 g/mol. The molecule has 5 heteroatoms. The van der Waals surface area contributed by atoms with Crippen molar-refractivity contribution in [3.8, 4) is 0 Å². The van der Waals surface area contributed by atoms with E-state index in [1.54, 1.807) is 7.11 Å². The molecule has 1 aromatic carbocycles. The maximum absolute atomic E-state index is 11.7. The van der Waals surface area contributed by atoms with Crippen molar-refractivity contribution in [3.63, 3.8) is 0 Å². The average molecular weight is 293 g/mol. The van der Waals surface area contributed by atoms with Gasteiger partial charge in [0.1, 0.15) is 0 Å². The van der Waals surface area contributed by atoms with Crippen LogP contribution in [0.2, 0.25) is 0 Å². The zero-order chi connectivity index (χ0) is 15.5. The maximum Gasteiger partial charge on any atom is 0.314 e. The van der Waals surface area contributed by atoms with Crippen molar-refractivity contribution in [1.82, 2.24) is 10.6 Å². The molecule has 0 heterocycles. The van der Waals surface area contributed by atoms with E-state index in [0.717, 1.165) is 12.1 Å². The first kappa shape index (κ1) is 17.3. The molecule has 0 aliphatic rings. The Morgan fingerprint density at radius 1 is 1.19 bits per heavy atom. The molecule has 0 radical (unpaired) electrons. The smallest absolute Gasteiger partial charge is 0.314 e. The van der Waals surface area contributed by atoms with E-state index in [9.17, 15) is 4.79 Å². The van der Waals surface area contributed by atoms with Gasteiger partial charge in [0, 0.05) is 38.5 Å². The van der Waals surface area contributed by atoms with Gasteiger partial charge < -0.3 is 20.7 Å².